The second-order valence-electron chi connectivity index (χ2n) is 23.9. The van der Waals surface area contributed by atoms with E-state index in [4.69, 9.17) is 4.74 Å². The van der Waals surface area contributed by atoms with Gasteiger partial charge in [-0.2, -0.15) is 0 Å². The van der Waals surface area contributed by atoms with Crippen LogP contribution >= 0.6 is 0 Å². The number of aliphatic hydroxyl groups excluding tert-OH is 2. The molecule has 454 valence electrons. The van der Waals surface area contributed by atoms with Crippen LogP contribution in [0.4, 0.5) is 0 Å². The molecule has 6 nitrogen and oxygen atoms in total. The number of amides is 1. The fraction of sp³-hybridized carbons (Fsp3) is 0.887. The molecular weight excluding hydrogens is 947 g/mol. The van der Waals surface area contributed by atoms with Gasteiger partial charge in [-0.05, 0) is 83.5 Å². The van der Waals surface area contributed by atoms with Gasteiger partial charge in [-0.25, -0.2) is 0 Å². The smallest absolute Gasteiger partial charge is 0.305 e. The average molecular weight is 1080 g/mol. The van der Waals surface area contributed by atoms with Crippen molar-refractivity contribution in [3.8, 4) is 0 Å². The molecule has 0 aromatic carbocycles. The van der Waals surface area contributed by atoms with Crippen LogP contribution in [0, 0.1) is 0 Å². The molecule has 0 fully saturated rings. The first kappa shape index (κ1) is 75.1. The fourth-order valence-electron chi connectivity index (χ4n) is 10.8. The van der Waals surface area contributed by atoms with E-state index in [0.29, 0.717) is 25.9 Å². The van der Waals surface area contributed by atoms with E-state index in [9.17, 15) is 19.8 Å². The summed E-state index contributed by atoms with van der Waals surface area (Å²) in [7, 11) is 0. The van der Waals surface area contributed by atoms with E-state index >= 15 is 0 Å². The molecule has 1 amide bonds. The zero-order chi connectivity index (χ0) is 55.7. The monoisotopic (exact) mass is 1080 g/mol. The standard InChI is InChI=1S/C71H135NO5/c1-3-5-7-9-11-13-15-17-18-19-33-36-40-43-47-51-55-59-63-69(74)68(67-73)72-70(75)64-60-56-52-48-44-41-37-34-31-29-27-25-23-21-20-22-24-26-28-30-32-35-38-42-46-50-54-58-62-66-77-71(76)65-61-57-53-49-45-39-16-14-12-10-8-6-4-2/h14,16,20,22,26,28,68-69,73-74H,3-13,15,17-19,21,23-25,27,29-67H2,1-2H3,(H,72,75)/b16-14-,22-20-,28-26-. The number of hydrogen-bond donors (Lipinski definition) is 3. The molecule has 6 heteroatoms. The van der Waals surface area contributed by atoms with Gasteiger partial charge in [0.1, 0.15) is 0 Å². The molecule has 3 N–H and O–H groups in total. The van der Waals surface area contributed by atoms with Gasteiger partial charge in [0.05, 0.1) is 25.4 Å². The van der Waals surface area contributed by atoms with E-state index in [1.165, 1.54) is 295 Å². The maximum absolute atomic E-state index is 12.5. The van der Waals surface area contributed by atoms with E-state index in [0.717, 1.165) is 51.4 Å². The third kappa shape index (κ3) is 63.1. The molecule has 2 unspecified atom stereocenters. The summed E-state index contributed by atoms with van der Waals surface area (Å²) >= 11 is 0. The minimum atomic E-state index is -0.666. The minimum absolute atomic E-state index is 0.00304. The number of allylic oxidation sites excluding steroid dienone is 6. The third-order valence-electron chi connectivity index (χ3n) is 16.2. The van der Waals surface area contributed by atoms with Crippen molar-refractivity contribution in [1.29, 1.82) is 0 Å². The summed E-state index contributed by atoms with van der Waals surface area (Å²) in [5, 5.41) is 23.4. The van der Waals surface area contributed by atoms with Gasteiger partial charge in [0.25, 0.3) is 0 Å². The summed E-state index contributed by atoms with van der Waals surface area (Å²) in [6.45, 7) is 4.96. The fourth-order valence-corrected chi connectivity index (χ4v) is 10.8. The van der Waals surface area contributed by atoms with Crippen LogP contribution in [-0.2, 0) is 14.3 Å². The number of nitrogens with one attached hydrogen (secondary N) is 1. The molecule has 0 spiro atoms. The van der Waals surface area contributed by atoms with E-state index in [2.05, 4.69) is 55.6 Å². The number of hydrogen-bond acceptors (Lipinski definition) is 5. The van der Waals surface area contributed by atoms with Crippen molar-refractivity contribution in [1.82, 2.24) is 5.32 Å². The lowest BCUT2D eigenvalue weighted by Crippen LogP contribution is -2.45. The zero-order valence-corrected chi connectivity index (χ0v) is 52.0. The van der Waals surface area contributed by atoms with Crippen LogP contribution < -0.4 is 5.32 Å². The van der Waals surface area contributed by atoms with Crippen molar-refractivity contribution in [2.75, 3.05) is 13.2 Å². The normalized spacial score (nSPS) is 12.7. The molecule has 0 saturated carbocycles. The van der Waals surface area contributed by atoms with Crippen LogP contribution in [0.5, 0.6) is 0 Å². The Morgan fingerprint density at radius 2 is 0.649 bits per heavy atom. The lowest BCUT2D eigenvalue weighted by atomic mass is 10.0. The lowest BCUT2D eigenvalue weighted by molar-refractivity contribution is -0.143. The van der Waals surface area contributed by atoms with E-state index in [-0.39, 0.29) is 18.5 Å². The predicted octanol–water partition coefficient (Wildman–Crippen LogP) is 22.3. The molecule has 0 aliphatic carbocycles. The number of aliphatic hydroxyl groups is 2. The molecule has 0 aromatic heterocycles. The van der Waals surface area contributed by atoms with Gasteiger partial charge in [-0.15, -0.1) is 0 Å². The summed E-state index contributed by atoms with van der Waals surface area (Å²) < 4.78 is 5.47. The number of rotatable bonds is 65. The van der Waals surface area contributed by atoms with E-state index < -0.39 is 12.1 Å². The predicted molar refractivity (Wildman–Crippen MR) is 338 cm³/mol. The second kappa shape index (κ2) is 66.6. The third-order valence-corrected chi connectivity index (χ3v) is 16.2. The topological polar surface area (TPSA) is 95.9 Å². The van der Waals surface area contributed by atoms with Gasteiger partial charge < -0.3 is 20.3 Å². The Labute approximate surface area is 481 Å². The Morgan fingerprint density at radius 3 is 1.01 bits per heavy atom. The Kier molecular flexibility index (Phi) is 64.9. The number of carbonyl (C=O) groups excluding carboxylic acids is 2. The number of ether oxygens (including phenoxy) is 1. The first-order valence-electron chi connectivity index (χ1n) is 34.7. The Balaban J connectivity index is 3.41. The highest BCUT2D eigenvalue weighted by molar-refractivity contribution is 5.76. The molecule has 0 aromatic rings. The zero-order valence-electron chi connectivity index (χ0n) is 52.0. The maximum atomic E-state index is 12.5. The van der Waals surface area contributed by atoms with Crippen LogP contribution in [0.3, 0.4) is 0 Å². The summed E-state index contributed by atoms with van der Waals surface area (Å²) in [5.41, 5.74) is 0. The maximum Gasteiger partial charge on any atom is 0.305 e. The summed E-state index contributed by atoms with van der Waals surface area (Å²) in [6, 6.07) is -0.543. The van der Waals surface area contributed by atoms with Gasteiger partial charge in [0, 0.05) is 12.8 Å². The lowest BCUT2D eigenvalue weighted by Gasteiger charge is -2.22. The van der Waals surface area contributed by atoms with Crippen molar-refractivity contribution in [3.63, 3.8) is 0 Å². The van der Waals surface area contributed by atoms with Crippen molar-refractivity contribution in [3.05, 3.63) is 36.5 Å². The average Bonchev–Trinajstić information content (AvgIpc) is 3.43. The van der Waals surface area contributed by atoms with Crippen molar-refractivity contribution in [2.24, 2.45) is 0 Å². The highest BCUT2D eigenvalue weighted by atomic mass is 16.5. The summed E-state index contributed by atoms with van der Waals surface area (Å²) in [4.78, 5) is 24.6. The molecular formula is C71H135NO5. The summed E-state index contributed by atoms with van der Waals surface area (Å²) in [6.07, 6.45) is 84.7. The Hall–Kier alpha value is -1.92. The van der Waals surface area contributed by atoms with Crippen LogP contribution in [0.25, 0.3) is 0 Å². The van der Waals surface area contributed by atoms with E-state index in [1.807, 2.05) is 0 Å². The molecule has 0 bridgehead atoms. The van der Waals surface area contributed by atoms with Crippen molar-refractivity contribution in [2.45, 2.75) is 392 Å². The van der Waals surface area contributed by atoms with Gasteiger partial charge in [0.2, 0.25) is 5.91 Å². The SMILES string of the molecule is CCCCCC/C=C\CCCCCCCC(=O)OCCCCCCCCCCC/C=C\C/C=C\CCCCCCCCCCCCCCCC(=O)NC(CO)C(O)CCCCCCCCCCCCCCCCCCCC. The van der Waals surface area contributed by atoms with Gasteiger partial charge in [-0.3, -0.25) is 9.59 Å². The highest BCUT2D eigenvalue weighted by Gasteiger charge is 2.20. The molecule has 0 aliphatic heterocycles. The highest BCUT2D eigenvalue weighted by Crippen LogP contribution is 2.18. The van der Waals surface area contributed by atoms with Crippen LogP contribution in [0.2, 0.25) is 0 Å². The number of carbonyl (C=O) groups is 2. The van der Waals surface area contributed by atoms with Gasteiger partial charge in [0.15, 0.2) is 0 Å². The van der Waals surface area contributed by atoms with Crippen LogP contribution in [-0.4, -0.2) is 47.4 Å². The van der Waals surface area contributed by atoms with Gasteiger partial charge >= 0.3 is 5.97 Å². The molecule has 0 rings (SSSR count). The van der Waals surface area contributed by atoms with Crippen molar-refractivity contribution >= 4 is 11.9 Å². The van der Waals surface area contributed by atoms with Crippen LogP contribution in [0.1, 0.15) is 380 Å². The molecule has 2 atom stereocenters. The molecule has 77 heavy (non-hydrogen) atoms. The number of esters is 1. The van der Waals surface area contributed by atoms with E-state index in [1.54, 1.807) is 0 Å². The Morgan fingerprint density at radius 1 is 0.364 bits per heavy atom. The first-order valence-corrected chi connectivity index (χ1v) is 34.7. The van der Waals surface area contributed by atoms with Crippen molar-refractivity contribution < 1.29 is 24.5 Å². The van der Waals surface area contributed by atoms with Crippen LogP contribution in [0.15, 0.2) is 36.5 Å². The quantitative estimate of drug-likeness (QED) is 0.0320. The molecule has 0 radical (unpaired) electrons. The minimum Gasteiger partial charge on any atom is -0.466 e. The summed E-state index contributed by atoms with van der Waals surface area (Å²) in [5.74, 6) is -0.0297. The molecule has 0 saturated heterocycles. The largest absolute Gasteiger partial charge is 0.466 e. The van der Waals surface area contributed by atoms with Gasteiger partial charge in [-0.1, -0.05) is 320 Å². The molecule has 0 heterocycles. The number of unbranched alkanes of at least 4 members (excludes halogenated alkanes) is 48. The Bertz CT molecular complexity index is 1250. The molecule has 0 aliphatic rings. The second-order valence-corrected chi connectivity index (χ2v) is 23.9. The first-order chi connectivity index (χ1) is 38.0.